The van der Waals surface area contributed by atoms with Crippen molar-refractivity contribution in [3.05, 3.63) is 59.8 Å². The Balaban J connectivity index is 1.80. The first-order valence-electron chi connectivity index (χ1n) is 5.99. The molecule has 0 aliphatic carbocycles. The van der Waals surface area contributed by atoms with E-state index in [1.165, 1.54) is 12.1 Å². The molecule has 0 unspecified atom stereocenters. The van der Waals surface area contributed by atoms with Crippen molar-refractivity contribution in [2.24, 2.45) is 0 Å². The fourth-order valence-corrected chi connectivity index (χ4v) is 1.76. The Labute approximate surface area is 114 Å². The summed E-state index contributed by atoms with van der Waals surface area (Å²) in [7, 11) is 0. The molecule has 0 saturated heterocycles. The van der Waals surface area contributed by atoms with E-state index in [0.29, 0.717) is 29.5 Å². The highest BCUT2D eigenvalue weighted by atomic mass is 19.1. The third kappa shape index (κ3) is 2.64. The third-order valence-electron chi connectivity index (χ3n) is 2.78. The molecule has 2 N–H and O–H groups in total. The highest BCUT2D eigenvalue weighted by molar-refractivity contribution is 5.53. The summed E-state index contributed by atoms with van der Waals surface area (Å²) in [5.41, 5.74) is 7.13. The van der Waals surface area contributed by atoms with Gasteiger partial charge >= 0.3 is 0 Å². The van der Waals surface area contributed by atoms with E-state index < -0.39 is 0 Å². The summed E-state index contributed by atoms with van der Waals surface area (Å²) < 4.78 is 18.0. The Morgan fingerprint density at radius 3 is 2.60 bits per heavy atom. The second-order valence-corrected chi connectivity index (χ2v) is 4.29. The predicted octanol–water partition coefficient (Wildman–Crippen LogP) is 2.44. The molecule has 2 aromatic heterocycles. The molecule has 6 heteroatoms. The molecular weight excluding hydrogens is 259 g/mol. The van der Waals surface area contributed by atoms with E-state index >= 15 is 0 Å². The van der Waals surface area contributed by atoms with Crippen LogP contribution in [0.3, 0.4) is 0 Å². The van der Waals surface area contributed by atoms with Crippen LogP contribution in [0.1, 0.15) is 11.4 Å². The fraction of sp³-hybridized carbons (Fsp3) is 0.0714. The first-order valence-corrected chi connectivity index (χ1v) is 5.99. The number of rotatable bonds is 3. The van der Waals surface area contributed by atoms with Gasteiger partial charge in [0.05, 0.1) is 5.56 Å². The molecule has 20 heavy (non-hydrogen) atoms. The molecule has 100 valence electrons. The largest absolute Gasteiger partial charge is 0.384 e. The maximum absolute atomic E-state index is 12.8. The molecule has 0 spiro atoms. The average molecular weight is 270 g/mol. The van der Waals surface area contributed by atoms with Crippen LogP contribution in [0, 0.1) is 5.82 Å². The molecule has 2 heterocycles. The summed E-state index contributed by atoms with van der Waals surface area (Å²) in [5.74, 6) is 1.08. The number of nitrogen functional groups attached to an aromatic ring is 1. The van der Waals surface area contributed by atoms with Gasteiger partial charge in [0, 0.05) is 12.6 Å². The summed E-state index contributed by atoms with van der Waals surface area (Å²) >= 11 is 0. The van der Waals surface area contributed by atoms with Gasteiger partial charge in [-0.2, -0.15) is 4.98 Å². The summed E-state index contributed by atoms with van der Waals surface area (Å²) in [6.45, 7) is 0. The van der Waals surface area contributed by atoms with Crippen LogP contribution < -0.4 is 5.73 Å². The molecule has 3 rings (SSSR count). The Morgan fingerprint density at radius 2 is 1.90 bits per heavy atom. The molecule has 0 fully saturated rings. The fourth-order valence-electron chi connectivity index (χ4n) is 1.76. The molecule has 0 amide bonds. The number of pyridine rings is 1. The number of anilines is 1. The zero-order valence-electron chi connectivity index (χ0n) is 10.5. The monoisotopic (exact) mass is 270 g/mol. The number of nitrogens with two attached hydrogens (primary N) is 1. The lowest BCUT2D eigenvalue weighted by Gasteiger charge is -1.96. The van der Waals surface area contributed by atoms with Crippen LogP contribution in [0.4, 0.5) is 10.2 Å². The highest BCUT2D eigenvalue weighted by Crippen LogP contribution is 2.17. The lowest BCUT2D eigenvalue weighted by molar-refractivity contribution is 0.424. The molecule has 0 radical (unpaired) electrons. The van der Waals surface area contributed by atoms with Gasteiger partial charge in [-0.15, -0.1) is 0 Å². The van der Waals surface area contributed by atoms with E-state index in [4.69, 9.17) is 10.3 Å². The standard InChI is InChI=1S/C14H11FN4O/c15-11-4-1-9(2-5-11)7-13-18-14(20-19-13)10-3-6-12(16)17-8-10/h1-6,8H,7H2,(H2,16,17). The molecule has 0 bridgehead atoms. The van der Waals surface area contributed by atoms with E-state index in [9.17, 15) is 4.39 Å². The van der Waals surface area contributed by atoms with Crippen LogP contribution in [0.5, 0.6) is 0 Å². The van der Waals surface area contributed by atoms with E-state index in [0.717, 1.165) is 5.56 Å². The molecule has 0 aliphatic rings. The molecule has 3 aromatic rings. The maximum atomic E-state index is 12.8. The second-order valence-electron chi connectivity index (χ2n) is 4.29. The van der Waals surface area contributed by atoms with Crippen molar-refractivity contribution >= 4 is 5.82 Å². The Bertz CT molecular complexity index is 707. The zero-order chi connectivity index (χ0) is 13.9. The van der Waals surface area contributed by atoms with Gasteiger partial charge in [0.25, 0.3) is 5.89 Å². The maximum Gasteiger partial charge on any atom is 0.259 e. The number of benzene rings is 1. The number of nitrogens with zero attached hydrogens (tertiary/aromatic N) is 3. The first-order chi connectivity index (χ1) is 9.70. The third-order valence-corrected chi connectivity index (χ3v) is 2.78. The smallest absolute Gasteiger partial charge is 0.259 e. The summed E-state index contributed by atoms with van der Waals surface area (Å²) in [6.07, 6.45) is 2.05. The highest BCUT2D eigenvalue weighted by Gasteiger charge is 2.09. The lowest BCUT2D eigenvalue weighted by atomic mass is 10.1. The van der Waals surface area contributed by atoms with Gasteiger partial charge in [0.15, 0.2) is 5.82 Å². The minimum atomic E-state index is -0.268. The van der Waals surface area contributed by atoms with Crippen molar-refractivity contribution in [1.82, 2.24) is 15.1 Å². The van der Waals surface area contributed by atoms with Gasteiger partial charge < -0.3 is 10.3 Å². The molecular formula is C14H11FN4O. The molecule has 0 aliphatic heterocycles. The Kier molecular flexibility index (Phi) is 3.12. The minimum Gasteiger partial charge on any atom is -0.384 e. The van der Waals surface area contributed by atoms with E-state index in [-0.39, 0.29) is 5.82 Å². The van der Waals surface area contributed by atoms with Crippen molar-refractivity contribution in [2.45, 2.75) is 6.42 Å². The molecule has 5 nitrogen and oxygen atoms in total. The summed E-state index contributed by atoms with van der Waals surface area (Å²) in [6, 6.07) is 9.61. The SMILES string of the molecule is Nc1ccc(-c2nc(Cc3ccc(F)cc3)no2)cn1. The van der Waals surface area contributed by atoms with Crippen molar-refractivity contribution in [3.8, 4) is 11.5 Å². The molecule has 0 saturated carbocycles. The van der Waals surface area contributed by atoms with Crippen LogP contribution >= 0.6 is 0 Å². The number of hydrogen-bond donors (Lipinski definition) is 1. The summed E-state index contributed by atoms with van der Waals surface area (Å²) in [4.78, 5) is 8.24. The molecule has 1 aromatic carbocycles. The second kappa shape index (κ2) is 5.08. The van der Waals surface area contributed by atoms with Gasteiger partial charge in [0.1, 0.15) is 11.6 Å². The quantitative estimate of drug-likeness (QED) is 0.790. The van der Waals surface area contributed by atoms with Crippen LogP contribution in [-0.4, -0.2) is 15.1 Å². The lowest BCUT2D eigenvalue weighted by Crippen LogP contribution is -1.91. The van der Waals surface area contributed by atoms with Gasteiger partial charge in [-0.1, -0.05) is 17.3 Å². The summed E-state index contributed by atoms with van der Waals surface area (Å²) in [5, 5.41) is 3.89. The van der Waals surface area contributed by atoms with Crippen molar-refractivity contribution in [1.29, 1.82) is 0 Å². The van der Waals surface area contributed by atoms with Gasteiger partial charge in [-0.3, -0.25) is 0 Å². The average Bonchev–Trinajstić information content (AvgIpc) is 2.91. The van der Waals surface area contributed by atoms with Gasteiger partial charge in [-0.05, 0) is 29.8 Å². The van der Waals surface area contributed by atoms with Crippen LogP contribution in [0.15, 0.2) is 47.1 Å². The van der Waals surface area contributed by atoms with Crippen molar-refractivity contribution in [2.75, 3.05) is 5.73 Å². The van der Waals surface area contributed by atoms with E-state index in [1.807, 2.05) is 0 Å². The zero-order valence-corrected chi connectivity index (χ0v) is 10.5. The van der Waals surface area contributed by atoms with Crippen molar-refractivity contribution < 1.29 is 8.91 Å². The number of aromatic nitrogens is 3. The Hall–Kier alpha value is -2.76. The van der Waals surface area contributed by atoms with Crippen LogP contribution in [0.2, 0.25) is 0 Å². The minimum absolute atomic E-state index is 0.268. The first kappa shape index (κ1) is 12.3. The normalized spacial score (nSPS) is 10.7. The van der Waals surface area contributed by atoms with Crippen LogP contribution in [-0.2, 0) is 6.42 Å². The topological polar surface area (TPSA) is 77.8 Å². The Morgan fingerprint density at radius 1 is 1.10 bits per heavy atom. The van der Waals surface area contributed by atoms with E-state index in [1.54, 1.807) is 30.5 Å². The van der Waals surface area contributed by atoms with Gasteiger partial charge in [0.2, 0.25) is 0 Å². The number of halogens is 1. The van der Waals surface area contributed by atoms with Crippen LogP contribution in [0.25, 0.3) is 11.5 Å². The predicted molar refractivity (Wildman–Crippen MR) is 71.1 cm³/mol. The van der Waals surface area contributed by atoms with E-state index in [2.05, 4.69) is 15.1 Å². The number of hydrogen-bond acceptors (Lipinski definition) is 5. The molecule has 0 atom stereocenters. The van der Waals surface area contributed by atoms with Gasteiger partial charge in [-0.25, -0.2) is 9.37 Å². The van der Waals surface area contributed by atoms with Crippen molar-refractivity contribution in [3.63, 3.8) is 0 Å².